The van der Waals surface area contributed by atoms with E-state index >= 15 is 0 Å². The van der Waals surface area contributed by atoms with Crippen LogP contribution in [0.2, 0.25) is 0 Å². The van der Waals surface area contributed by atoms with Gasteiger partial charge in [-0.15, -0.1) is 0 Å². The highest BCUT2D eigenvalue weighted by atomic mass is 32.2. The Kier molecular flexibility index (Phi) is 4.48. The molecule has 1 aromatic carbocycles. The number of nitrogen functional groups attached to an aromatic ring is 1. The lowest BCUT2D eigenvalue weighted by molar-refractivity contribution is -0.119. The molecule has 0 aliphatic carbocycles. The van der Waals surface area contributed by atoms with Crippen molar-refractivity contribution in [2.75, 3.05) is 18.8 Å². The van der Waals surface area contributed by atoms with Gasteiger partial charge in [-0.3, -0.25) is 4.79 Å². The van der Waals surface area contributed by atoms with Crippen molar-refractivity contribution in [2.45, 2.75) is 24.2 Å². The summed E-state index contributed by atoms with van der Waals surface area (Å²) in [5.74, 6) is -0.960. The van der Waals surface area contributed by atoms with Crippen molar-refractivity contribution in [1.29, 1.82) is 0 Å². The van der Waals surface area contributed by atoms with Crippen molar-refractivity contribution in [3.05, 3.63) is 24.0 Å². The van der Waals surface area contributed by atoms with Crippen LogP contribution in [-0.2, 0) is 14.8 Å². The molecule has 6 nitrogen and oxygen atoms in total. The molecule has 1 aromatic rings. The van der Waals surface area contributed by atoms with Gasteiger partial charge in [0.2, 0.25) is 15.9 Å². The molecule has 1 heterocycles. The number of halogens is 1. The van der Waals surface area contributed by atoms with Crippen molar-refractivity contribution in [3.63, 3.8) is 0 Å². The maximum absolute atomic E-state index is 13.3. The number of primary amides is 1. The fourth-order valence-corrected chi connectivity index (χ4v) is 4.06. The fourth-order valence-electron chi connectivity index (χ4n) is 2.52. The molecular formula is C13H18FN3O3S. The number of benzene rings is 1. The molecule has 0 bridgehead atoms. The zero-order chi connectivity index (χ0) is 15.6. The van der Waals surface area contributed by atoms with E-state index in [0.717, 1.165) is 12.1 Å². The van der Waals surface area contributed by atoms with Gasteiger partial charge in [0, 0.05) is 25.2 Å². The Balaban J connectivity index is 2.13. The lowest BCUT2D eigenvalue weighted by Gasteiger charge is -2.30. The van der Waals surface area contributed by atoms with Crippen LogP contribution >= 0.6 is 0 Å². The van der Waals surface area contributed by atoms with Gasteiger partial charge in [-0.1, -0.05) is 0 Å². The maximum atomic E-state index is 13.3. The van der Waals surface area contributed by atoms with Gasteiger partial charge in [0.1, 0.15) is 5.82 Å². The maximum Gasteiger partial charge on any atom is 0.243 e. The number of hydrogen-bond donors (Lipinski definition) is 2. The minimum absolute atomic E-state index is 0.0668. The third-order valence-corrected chi connectivity index (χ3v) is 5.47. The Labute approximate surface area is 123 Å². The zero-order valence-corrected chi connectivity index (χ0v) is 12.3. The van der Waals surface area contributed by atoms with Gasteiger partial charge in [0.15, 0.2) is 0 Å². The lowest BCUT2D eigenvalue weighted by atomic mass is 9.94. The van der Waals surface area contributed by atoms with E-state index in [4.69, 9.17) is 11.5 Å². The van der Waals surface area contributed by atoms with Crippen molar-refractivity contribution in [1.82, 2.24) is 4.31 Å². The number of hydrogen-bond acceptors (Lipinski definition) is 4. The first kappa shape index (κ1) is 15.7. The third kappa shape index (κ3) is 3.70. The minimum atomic E-state index is -3.76. The van der Waals surface area contributed by atoms with E-state index in [1.807, 2.05) is 0 Å². The normalized spacial score (nSPS) is 17.8. The second kappa shape index (κ2) is 5.98. The summed E-state index contributed by atoms with van der Waals surface area (Å²) < 4.78 is 39.5. The van der Waals surface area contributed by atoms with E-state index in [2.05, 4.69) is 0 Å². The number of rotatable bonds is 4. The standard InChI is InChI=1S/C13H18FN3O3S/c14-10-6-11(15)8-12(7-10)21(19,20)17-3-1-9(2-4-17)5-13(16)18/h6-9H,1-5,15H2,(H2,16,18). The molecule has 2 rings (SSSR count). The summed E-state index contributed by atoms with van der Waals surface area (Å²) in [6, 6.07) is 3.27. The Morgan fingerprint density at radius 1 is 1.29 bits per heavy atom. The van der Waals surface area contributed by atoms with Crippen LogP contribution in [0.1, 0.15) is 19.3 Å². The predicted molar refractivity (Wildman–Crippen MR) is 76.1 cm³/mol. The van der Waals surface area contributed by atoms with Crippen LogP contribution in [0.25, 0.3) is 0 Å². The highest BCUT2D eigenvalue weighted by Crippen LogP contribution is 2.26. The van der Waals surface area contributed by atoms with Gasteiger partial charge >= 0.3 is 0 Å². The van der Waals surface area contributed by atoms with Gasteiger partial charge in [-0.2, -0.15) is 4.31 Å². The first-order valence-electron chi connectivity index (χ1n) is 6.63. The van der Waals surface area contributed by atoms with E-state index in [-0.39, 0.29) is 41.9 Å². The number of amides is 1. The molecule has 1 fully saturated rings. The molecule has 4 N–H and O–H groups in total. The van der Waals surface area contributed by atoms with Crippen LogP contribution in [0.15, 0.2) is 23.1 Å². The fraction of sp³-hybridized carbons (Fsp3) is 0.462. The van der Waals surface area contributed by atoms with Gasteiger partial charge < -0.3 is 11.5 Å². The van der Waals surface area contributed by atoms with E-state index in [9.17, 15) is 17.6 Å². The summed E-state index contributed by atoms with van der Waals surface area (Å²) >= 11 is 0. The molecule has 0 saturated carbocycles. The molecule has 0 aromatic heterocycles. The summed E-state index contributed by atoms with van der Waals surface area (Å²) in [4.78, 5) is 10.7. The zero-order valence-electron chi connectivity index (χ0n) is 11.5. The molecule has 0 spiro atoms. The third-order valence-electron chi connectivity index (χ3n) is 3.59. The molecule has 0 radical (unpaired) electrons. The van der Waals surface area contributed by atoms with Gasteiger partial charge in [-0.25, -0.2) is 12.8 Å². The Morgan fingerprint density at radius 2 is 1.90 bits per heavy atom. The molecule has 8 heteroatoms. The number of piperidine rings is 1. The quantitative estimate of drug-likeness (QED) is 0.797. The number of nitrogens with zero attached hydrogens (tertiary/aromatic N) is 1. The molecule has 1 saturated heterocycles. The summed E-state index contributed by atoms with van der Waals surface area (Å²) in [7, 11) is -3.76. The number of anilines is 1. The number of nitrogens with two attached hydrogens (primary N) is 2. The van der Waals surface area contributed by atoms with Crippen molar-refractivity contribution < 1.29 is 17.6 Å². The largest absolute Gasteiger partial charge is 0.399 e. The Morgan fingerprint density at radius 3 is 2.43 bits per heavy atom. The van der Waals surface area contributed by atoms with Crippen LogP contribution in [0.3, 0.4) is 0 Å². The molecule has 0 atom stereocenters. The average Bonchev–Trinajstić information content (AvgIpc) is 2.37. The van der Waals surface area contributed by atoms with Gasteiger partial charge in [0.25, 0.3) is 0 Å². The highest BCUT2D eigenvalue weighted by Gasteiger charge is 2.30. The van der Waals surface area contributed by atoms with Crippen LogP contribution < -0.4 is 11.5 Å². The van der Waals surface area contributed by atoms with Gasteiger partial charge in [-0.05, 0) is 37.0 Å². The van der Waals surface area contributed by atoms with Crippen molar-refractivity contribution in [3.8, 4) is 0 Å². The topological polar surface area (TPSA) is 106 Å². The molecule has 1 amide bonds. The number of carbonyl (C=O) groups is 1. The predicted octanol–water partition coefficient (Wildman–Crippen LogP) is 0.684. The first-order chi connectivity index (χ1) is 9.79. The molecule has 116 valence electrons. The molecular weight excluding hydrogens is 297 g/mol. The van der Waals surface area contributed by atoms with Crippen LogP contribution in [0.5, 0.6) is 0 Å². The number of sulfonamides is 1. The first-order valence-corrected chi connectivity index (χ1v) is 8.07. The molecule has 1 aliphatic rings. The molecule has 21 heavy (non-hydrogen) atoms. The number of carbonyl (C=O) groups excluding carboxylic acids is 1. The van der Waals surface area contributed by atoms with E-state index in [1.54, 1.807) is 0 Å². The Bertz CT molecular complexity index is 620. The molecule has 0 unspecified atom stereocenters. The van der Waals surface area contributed by atoms with E-state index < -0.39 is 15.8 Å². The summed E-state index contributed by atoms with van der Waals surface area (Å²) in [6.45, 7) is 0.577. The summed E-state index contributed by atoms with van der Waals surface area (Å²) in [5, 5.41) is 0. The monoisotopic (exact) mass is 315 g/mol. The average molecular weight is 315 g/mol. The minimum Gasteiger partial charge on any atom is -0.399 e. The van der Waals surface area contributed by atoms with Crippen molar-refractivity contribution in [2.24, 2.45) is 11.7 Å². The molecule has 1 aliphatic heterocycles. The van der Waals surface area contributed by atoms with E-state index in [0.29, 0.717) is 12.8 Å². The highest BCUT2D eigenvalue weighted by molar-refractivity contribution is 7.89. The van der Waals surface area contributed by atoms with Gasteiger partial charge in [0.05, 0.1) is 4.90 Å². The SMILES string of the molecule is NC(=O)CC1CCN(S(=O)(=O)c2cc(N)cc(F)c2)CC1. The second-order valence-electron chi connectivity index (χ2n) is 5.24. The summed E-state index contributed by atoms with van der Waals surface area (Å²) in [5.41, 5.74) is 10.7. The van der Waals surface area contributed by atoms with Crippen LogP contribution in [0, 0.1) is 11.7 Å². The van der Waals surface area contributed by atoms with Crippen molar-refractivity contribution >= 4 is 21.6 Å². The van der Waals surface area contributed by atoms with Crippen LogP contribution in [0.4, 0.5) is 10.1 Å². The lowest BCUT2D eigenvalue weighted by Crippen LogP contribution is -2.39. The Hall–Kier alpha value is -1.67. The summed E-state index contributed by atoms with van der Waals surface area (Å²) in [6.07, 6.45) is 1.39. The van der Waals surface area contributed by atoms with E-state index in [1.165, 1.54) is 10.4 Å². The smallest absolute Gasteiger partial charge is 0.243 e. The van der Waals surface area contributed by atoms with Crippen LogP contribution in [-0.4, -0.2) is 31.7 Å². The second-order valence-corrected chi connectivity index (χ2v) is 7.18.